The third kappa shape index (κ3) is 17.4. The maximum atomic E-state index is 14.5. The number of amides is 4. The van der Waals surface area contributed by atoms with Gasteiger partial charge in [0.1, 0.15) is 48.4 Å². The predicted molar refractivity (Wildman–Crippen MR) is 282 cm³/mol. The van der Waals surface area contributed by atoms with Crippen LogP contribution in [0, 0.1) is 11.3 Å². The molecule has 0 aliphatic heterocycles. The first-order chi connectivity index (χ1) is 34.6. The van der Waals surface area contributed by atoms with Gasteiger partial charge in [0.15, 0.2) is 12.6 Å². The van der Waals surface area contributed by atoms with E-state index in [-0.39, 0.29) is 50.9 Å². The molecule has 16 heteroatoms. The van der Waals surface area contributed by atoms with E-state index < -0.39 is 60.1 Å². The number of hydrogen-bond donors (Lipinski definition) is 7. The molecule has 3 atom stereocenters. The molecule has 0 aliphatic rings. The van der Waals surface area contributed by atoms with Crippen molar-refractivity contribution in [1.82, 2.24) is 31.9 Å². The monoisotopic (exact) mass is 986 g/mol. The Balaban J connectivity index is 1.40. The zero-order valence-electron chi connectivity index (χ0n) is 42.4. The number of benzene rings is 5. The van der Waals surface area contributed by atoms with Crippen molar-refractivity contribution in [3.8, 4) is 22.6 Å². The quantitative estimate of drug-likeness (QED) is 0.00924. The maximum Gasteiger partial charge on any atom is 0.407 e. The Kier molecular flexibility index (Phi) is 21.3. The number of alkyl carbamates (subject to hydrolysis) is 1. The number of carbonyl (C=O) groups excluding carboxylic acids is 5. The molecular formula is C56H71N7O9. The summed E-state index contributed by atoms with van der Waals surface area (Å²) in [5.41, 5.74) is 1.60. The first kappa shape index (κ1) is 55.3. The zero-order valence-corrected chi connectivity index (χ0v) is 42.4. The molecule has 384 valence electrons. The number of fused-ring (bicyclic) bond motifs is 2. The second-order valence-electron chi connectivity index (χ2n) is 18.8. The summed E-state index contributed by atoms with van der Waals surface area (Å²) < 4.78 is 23.6. The average Bonchev–Trinajstić information content (AvgIpc) is 3.36. The summed E-state index contributed by atoms with van der Waals surface area (Å²) in [5, 5.41) is 28.5. The van der Waals surface area contributed by atoms with Gasteiger partial charge in [-0.05, 0) is 104 Å². The lowest BCUT2D eigenvalue weighted by Gasteiger charge is -2.26. The molecule has 0 aromatic heterocycles. The summed E-state index contributed by atoms with van der Waals surface area (Å²) in [6.45, 7) is 13.3. The fraction of sp³-hybridized carbons (Fsp3) is 0.393. The summed E-state index contributed by atoms with van der Waals surface area (Å²) in [6.07, 6.45) is 2.79. The highest BCUT2D eigenvalue weighted by molar-refractivity contribution is 6.10. The Labute approximate surface area is 422 Å². The minimum atomic E-state index is -1.15. The van der Waals surface area contributed by atoms with Gasteiger partial charge in [0.2, 0.25) is 11.8 Å². The van der Waals surface area contributed by atoms with Gasteiger partial charge in [-0.25, -0.2) is 9.59 Å². The predicted octanol–water partition coefficient (Wildman–Crippen LogP) is 8.07. The second-order valence-corrected chi connectivity index (χ2v) is 18.8. The third-order valence-corrected chi connectivity index (χ3v) is 11.4. The molecule has 16 nitrogen and oxygen atoms in total. The van der Waals surface area contributed by atoms with Crippen LogP contribution in [0.3, 0.4) is 0 Å². The van der Waals surface area contributed by atoms with Crippen molar-refractivity contribution in [2.75, 3.05) is 33.4 Å². The van der Waals surface area contributed by atoms with Crippen LogP contribution in [0.4, 0.5) is 4.79 Å². The van der Waals surface area contributed by atoms with Crippen LogP contribution in [0.25, 0.3) is 32.7 Å². The topological polar surface area (TPSA) is 218 Å². The van der Waals surface area contributed by atoms with E-state index in [9.17, 15) is 24.0 Å². The maximum absolute atomic E-state index is 14.5. The fourth-order valence-corrected chi connectivity index (χ4v) is 7.97. The first-order valence-electron chi connectivity index (χ1n) is 24.5. The molecule has 0 unspecified atom stereocenters. The molecule has 5 aromatic carbocycles. The Morgan fingerprint density at radius 2 is 1.22 bits per heavy atom. The van der Waals surface area contributed by atoms with E-state index in [1.54, 1.807) is 33.9 Å². The van der Waals surface area contributed by atoms with E-state index >= 15 is 0 Å². The lowest BCUT2D eigenvalue weighted by molar-refractivity contribution is -0.150. The lowest BCUT2D eigenvalue weighted by Crippen LogP contribution is -2.56. The van der Waals surface area contributed by atoms with Crippen LogP contribution in [-0.2, 0) is 35.3 Å². The number of esters is 1. The van der Waals surface area contributed by atoms with Crippen molar-refractivity contribution in [3.05, 3.63) is 121 Å². The van der Waals surface area contributed by atoms with E-state index in [0.29, 0.717) is 37.3 Å². The molecule has 0 fully saturated rings. The van der Waals surface area contributed by atoms with Gasteiger partial charge in [-0.15, -0.1) is 0 Å². The van der Waals surface area contributed by atoms with Crippen molar-refractivity contribution in [1.29, 1.82) is 5.41 Å². The van der Waals surface area contributed by atoms with Crippen molar-refractivity contribution < 1.29 is 42.9 Å². The van der Waals surface area contributed by atoms with Crippen LogP contribution in [0.5, 0.6) is 11.5 Å². The smallest absolute Gasteiger partial charge is 0.407 e. The van der Waals surface area contributed by atoms with E-state index in [0.717, 1.165) is 38.2 Å². The lowest BCUT2D eigenvalue weighted by atomic mass is 9.92. The van der Waals surface area contributed by atoms with Gasteiger partial charge in [-0.2, -0.15) is 0 Å². The van der Waals surface area contributed by atoms with E-state index in [2.05, 4.69) is 38.5 Å². The SMILES string of the molecule is C=CCOc1ccc2ccccc2c1-c1c(OCC(=O)N[C@H](CCCCNC(=O)OC(C)(C)C)C(=O)N[C@H](CCCNC(=N)NC)C(=O)N[C@@H](CC(C)C)C(=O)OCc2ccccc2)ccc2ccccc12. The molecule has 0 saturated carbocycles. The zero-order chi connectivity index (χ0) is 52.0. The standard InChI is InChI=1S/C56H71N7O9/c1-8-33-69-46-29-27-39-21-12-14-23-41(39)49(46)50-42-24-15-13-22-40(42)28-30-47(50)70-36-48(64)61-43(25-16-17-31-60-55(68)72-56(4,5)6)51(65)62-44(26-18-32-59-54(57)58-7)52(66)63-45(34-37(2)3)53(67)71-35-38-19-10-9-11-20-38/h8-15,19-24,27-30,37,43-45H,1,16-18,25-26,31-36H2,2-7H3,(H,60,68)(H,61,64)(H,62,65)(H,63,66)(H3,57,58,59)/t43-,44-,45+/m1/s1. The average molecular weight is 986 g/mol. The Morgan fingerprint density at radius 3 is 1.82 bits per heavy atom. The molecule has 72 heavy (non-hydrogen) atoms. The summed E-state index contributed by atoms with van der Waals surface area (Å²) in [7, 11) is 1.60. The van der Waals surface area contributed by atoms with Crippen LogP contribution in [0.2, 0.25) is 0 Å². The number of nitrogens with one attached hydrogen (secondary N) is 7. The molecular weight excluding hydrogens is 915 g/mol. The first-order valence-corrected chi connectivity index (χ1v) is 24.5. The van der Waals surface area contributed by atoms with Gasteiger partial charge in [-0.3, -0.25) is 19.8 Å². The van der Waals surface area contributed by atoms with Gasteiger partial charge in [0, 0.05) is 31.3 Å². The fourth-order valence-electron chi connectivity index (χ4n) is 7.97. The number of unbranched alkanes of at least 4 members (excludes halogenated alkanes) is 1. The Morgan fingerprint density at radius 1 is 0.667 bits per heavy atom. The van der Waals surface area contributed by atoms with Crippen LogP contribution < -0.4 is 41.4 Å². The molecule has 7 N–H and O–H groups in total. The van der Waals surface area contributed by atoms with E-state index in [4.69, 9.17) is 24.4 Å². The summed E-state index contributed by atoms with van der Waals surface area (Å²) in [4.78, 5) is 68.6. The molecule has 5 rings (SSSR count). The van der Waals surface area contributed by atoms with Gasteiger partial charge in [0.25, 0.3) is 5.91 Å². The van der Waals surface area contributed by atoms with Gasteiger partial charge in [0.05, 0.1) is 0 Å². The molecule has 5 aromatic rings. The van der Waals surface area contributed by atoms with Crippen molar-refractivity contribution >= 4 is 57.3 Å². The highest BCUT2D eigenvalue weighted by Crippen LogP contribution is 2.45. The molecule has 0 radical (unpaired) electrons. The number of ether oxygens (including phenoxy) is 4. The second kappa shape index (κ2) is 27.7. The largest absolute Gasteiger partial charge is 0.489 e. The normalized spacial score (nSPS) is 12.4. The minimum Gasteiger partial charge on any atom is -0.489 e. The molecule has 0 spiro atoms. The van der Waals surface area contributed by atoms with Crippen molar-refractivity contribution in [2.24, 2.45) is 5.92 Å². The number of guanidine groups is 1. The highest BCUT2D eigenvalue weighted by Gasteiger charge is 2.31. The molecule has 4 amide bonds. The van der Waals surface area contributed by atoms with Gasteiger partial charge >= 0.3 is 12.1 Å². The minimum absolute atomic E-state index is 0.00126. The summed E-state index contributed by atoms with van der Waals surface area (Å²) >= 11 is 0. The molecule has 0 heterocycles. The van der Waals surface area contributed by atoms with E-state index in [1.165, 1.54) is 0 Å². The third-order valence-electron chi connectivity index (χ3n) is 11.4. The van der Waals surface area contributed by atoms with Gasteiger partial charge < -0.3 is 50.8 Å². The number of hydrogen-bond acceptors (Lipinski definition) is 10. The van der Waals surface area contributed by atoms with Crippen LogP contribution >= 0.6 is 0 Å². The Bertz CT molecular complexity index is 2630. The molecule has 0 saturated heterocycles. The van der Waals surface area contributed by atoms with Crippen molar-refractivity contribution in [3.63, 3.8) is 0 Å². The Hall–Kier alpha value is -7.62. The van der Waals surface area contributed by atoms with Gasteiger partial charge in [-0.1, -0.05) is 117 Å². The summed E-state index contributed by atoms with van der Waals surface area (Å²) in [6, 6.07) is 29.3. The van der Waals surface area contributed by atoms with Crippen LogP contribution in [0.1, 0.15) is 78.7 Å². The van der Waals surface area contributed by atoms with Crippen molar-refractivity contribution in [2.45, 2.75) is 103 Å². The highest BCUT2D eigenvalue weighted by atomic mass is 16.6. The molecule has 0 bridgehead atoms. The van der Waals surface area contributed by atoms with Crippen LogP contribution in [-0.4, -0.2) is 92.8 Å². The van der Waals surface area contributed by atoms with E-state index in [1.807, 2.05) is 117 Å². The number of carbonyl (C=O) groups is 5. The van der Waals surface area contributed by atoms with Crippen LogP contribution in [0.15, 0.2) is 116 Å². The molecule has 0 aliphatic carbocycles. The number of rotatable bonds is 26. The summed E-state index contributed by atoms with van der Waals surface area (Å²) in [5.74, 6) is -1.37.